The Labute approximate surface area is 209 Å². The van der Waals surface area contributed by atoms with Crippen molar-refractivity contribution in [2.75, 3.05) is 39.4 Å². The van der Waals surface area contributed by atoms with Gasteiger partial charge in [-0.2, -0.15) is 0 Å². The molecule has 0 unspecified atom stereocenters. The summed E-state index contributed by atoms with van der Waals surface area (Å²) in [6.45, 7) is 14.7. The van der Waals surface area contributed by atoms with Crippen molar-refractivity contribution in [3.8, 4) is 11.8 Å². The molecule has 4 heterocycles. The lowest BCUT2D eigenvalue weighted by molar-refractivity contribution is -0.000895. The number of aromatic nitrogens is 2. The van der Waals surface area contributed by atoms with Crippen LogP contribution in [-0.4, -0.2) is 66.0 Å². The summed E-state index contributed by atoms with van der Waals surface area (Å²) in [7, 11) is 0. The van der Waals surface area contributed by atoms with Crippen LogP contribution < -0.4 is 14.8 Å². The SMILES string of the molecule is CCOc1cc(CC2CN(C(=O)OC(C)(C)C)C2)ccn1.CCOc1cc(CC2CNC2)ccn1. The minimum Gasteiger partial charge on any atom is -0.478 e. The van der Waals surface area contributed by atoms with E-state index in [2.05, 4.69) is 21.4 Å². The Bertz CT molecular complexity index is 937. The van der Waals surface area contributed by atoms with Crippen LogP contribution in [0.3, 0.4) is 0 Å². The number of hydrogen-bond acceptors (Lipinski definition) is 7. The maximum absolute atomic E-state index is 11.9. The molecule has 1 N–H and O–H groups in total. The van der Waals surface area contributed by atoms with E-state index in [0.717, 1.165) is 50.8 Å². The van der Waals surface area contributed by atoms with Crippen molar-refractivity contribution in [2.45, 2.75) is 53.1 Å². The van der Waals surface area contributed by atoms with Crippen LogP contribution in [0, 0.1) is 11.8 Å². The van der Waals surface area contributed by atoms with Gasteiger partial charge < -0.3 is 24.4 Å². The van der Waals surface area contributed by atoms with Crippen molar-refractivity contribution in [1.29, 1.82) is 0 Å². The van der Waals surface area contributed by atoms with E-state index in [1.165, 1.54) is 11.1 Å². The normalized spacial score (nSPS) is 15.9. The molecule has 2 aromatic heterocycles. The lowest BCUT2D eigenvalue weighted by atomic mass is 9.93. The fourth-order valence-corrected chi connectivity index (χ4v) is 3.94. The van der Waals surface area contributed by atoms with Crippen molar-refractivity contribution in [1.82, 2.24) is 20.2 Å². The Kier molecular flexibility index (Phi) is 9.72. The van der Waals surface area contributed by atoms with Crippen molar-refractivity contribution in [3.05, 3.63) is 47.8 Å². The van der Waals surface area contributed by atoms with Gasteiger partial charge in [-0.3, -0.25) is 0 Å². The van der Waals surface area contributed by atoms with E-state index in [9.17, 15) is 4.79 Å². The summed E-state index contributed by atoms with van der Waals surface area (Å²) in [6.07, 6.45) is 5.44. The second-order valence-corrected chi connectivity index (χ2v) is 10.1. The number of likely N-dealkylation sites (tertiary alicyclic amines) is 1. The predicted octanol–water partition coefficient (Wildman–Crippen LogP) is 4.13. The number of hydrogen-bond donors (Lipinski definition) is 1. The molecular formula is C27H40N4O4. The zero-order chi connectivity index (χ0) is 25.3. The molecule has 1 amide bonds. The van der Waals surface area contributed by atoms with E-state index in [1.54, 1.807) is 11.1 Å². The summed E-state index contributed by atoms with van der Waals surface area (Å²) in [5.41, 5.74) is 2.09. The van der Waals surface area contributed by atoms with Crippen LogP contribution in [0.15, 0.2) is 36.7 Å². The average Bonchev–Trinajstić information content (AvgIpc) is 2.73. The summed E-state index contributed by atoms with van der Waals surface area (Å²) in [4.78, 5) is 21.9. The fraction of sp³-hybridized carbons (Fsp3) is 0.593. The zero-order valence-electron chi connectivity index (χ0n) is 21.8. The van der Waals surface area contributed by atoms with Gasteiger partial charge in [-0.1, -0.05) is 0 Å². The third kappa shape index (κ3) is 9.02. The zero-order valence-corrected chi connectivity index (χ0v) is 21.8. The Balaban J connectivity index is 0.000000211. The van der Waals surface area contributed by atoms with Crippen LogP contribution >= 0.6 is 0 Å². The molecule has 2 aliphatic heterocycles. The van der Waals surface area contributed by atoms with Crippen molar-refractivity contribution >= 4 is 6.09 Å². The molecule has 35 heavy (non-hydrogen) atoms. The molecule has 192 valence electrons. The largest absolute Gasteiger partial charge is 0.478 e. The molecule has 8 heteroatoms. The monoisotopic (exact) mass is 484 g/mol. The van der Waals surface area contributed by atoms with E-state index in [4.69, 9.17) is 14.2 Å². The van der Waals surface area contributed by atoms with E-state index >= 15 is 0 Å². The molecule has 0 aromatic carbocycles. The second kappa shape index (κ2) is 12.7. The van der Waals surface area contributed by atoms with Crippen molar-refractivity contribution < 1.29 is 19.0 Å². The standard InChI is InChI=1S/C16H24N2O3.C11H16N2O/c1-5-20-14-9-12(6-7-17-14)8-13-10-18(11-13)15(19)21-16(2,3)4;1-2-14-11-6-9(3-4-13-11)5-10-7-12-8-10/h6-7,9,13H,5,8,10-11H2,1-4H3;3-4,6,10,12H,2,5,7-8H2,1H3. The maximum atomic E-state index is 11.9. The molecule has 0 radical (unpaired) electrons. The van der Waals surface area contributed by atoms with Crippen molar-refractivity contribution in [3.63, 3.8) is 0 Å². The summed E-state index contributed by atoms with van der Waals surface area (Å²) in [5, 5.41) is 3.27. The van der Waals surface area contributed by atoms with E-state index in [1.807, 2.05) is 59.0 Å². The van der Waals surface area contributed by atoms with Crippen molar-refractivity contribution in [2.24, 2.45) is 11.8 Å². The van der Waals surface area contributed by atoms with Gasteiger partial charge in [0, 0.05) is 37.6 Å². The van der Waals surface area contributed by atoms with Crippen LogP contribution in [0.4, 0.5) is 4.79 Å². The molecule has 2 aliphatic rings. The third-order valence-electron chi connectivity index (χ3n) is 5.71. The highest BCUT2D eigenvalue weighted by atomic mass is 16.6. The molecule has 4 rings (SSSR count). The molecule has 8 nitrogen and oxygen atoms in total. The van der Waals surface area contributed by atoms with Gasteiger partial charge in [0.2, 0.25) is 11.8 Å². The fourth-order valence-electron chi connectivity index (χ4n) is 3.94. The maximum Gasteiger partial charge on any atom is 0.410 e. The first kappa shape index (κ1) is 26.7. The molecule has 0 saturated carbocycles. The van der Waals surface area contributed by atoms with Crippen LogP contribution in [0.5, 0.6) is 11.8 Å². The van der Waals surface area contributed by atoms with E-state index in [0.29, 0.717) is 25.0 Å². The van der Waals surface area contributed by atoms with Gasteiger partial charge in [-0.05, 0) is 95.6 Å². The second-order valence-electron chi connectivity index (χ2n) is 10.1. The third-order valence-corrected chi connectivity index (χ3v) is 5.71. The summed E-state index contributed by atoms with van der Waals surface area (Å²) >= 11 is 0. The van der Waals surface area contributed by atoms with Crippen LogP contribution in [-0.2, 0) is 17.6 Å². The Morgan fingerprint density at radius 1 is 0.943 bits per heavy atom. The number of nitrogens with zero attached hydrogens (tertiary/aromatic N) is 3. The molecule has 0 spiro atoms. The summed E-state index contributed by atoms with van der Waals surface area (Å²) in [5.74, 6) is 2.69. The molecule has 2 aromatic rings. The molecular weight excluding hydrogens is 444 g/mol. The molecule has 0 atom stereocenters. The van der Waals surface area contributed by atoms with Crippen LogP contribution in [0.1, 0.15) is 45.7 Å². The van der Waals surface area contributed by atoms with Gasteiger partial charge in [0.25, 0.3) is 0 Å². The first-order chi connectivity index (χ1) is 16.8. The number of rotatable bonds is 8. The molecule has 0 aliphatic carbocycles. The van der Waals surface area contributed by atoms with E-state index < -0.39 is 5.60 Å². The summed E-state index contributed by atoms with van der Waals surface area (Å²) < 4.78 is 16.1. The average molecular weight is 485 g/mol. The number of nitrogens with one attached hydrogen (secondary N) is 1. The molecule has 2 saturated heterocycles. The minimum atomic E-state index is -0.431. The lowest BCUT2D eigenvalue weighted by Gasteiger charge is -2.39. The van der Waals surface area contributed by atoms with E-state index in [-0.39, 0.29) is 6.09 Å². The first-order valence-electron chi connectivity index (χ1n) is 12.6. The lowest BCUT2D eigenvalue weighted by Crippen LogP contribution is -2.52. The Hall–Kier alpha value is -2.87. The quantitative estimate of drug-likeness (QED) is 0.603. The minimum absolute atomic E-state index is 0.219. The number of carbonyl (C=O) groups excluding carboxylic acids is 1. The van der Waals surface area contributed by atoms with Crippen LogP contribution in [0.2, 0.25) is 0 Å². The van der Waals surface area contributed by atoms with Gasteiger partial charge in [-0.25, -0.2) is 14.8 Å². The predicted molar refractivity (Wildman–Crippen MR) is 136 cm³/mol. The molecule has 2 fully saturated rings. The smallest absolute Gasteiger partial charge is 0.410 e. The number of amides is 1. The number of carbonyl (C=O) groups is 1. The van der Waals surface area contributed by atoms with Gasteiger partial charge in [0.1, 0.15) is 5.60 Å². The summed E-state index contributed by atoms with van der Waals surface area (Å²) in [6, 6.07) is 8.08. The highest BCUT2D eigenvalue weighted by Gasteiger charge is 2.33. The van der Waals surface area contributed by atoms with Gasteiger partial charge in [0.15, 0.2) is 0 Å². The Morgan fingerprint density at radius 2 is 1.46 bits per heavy atom. The van der Waals surface area contributed by atoms with Gasteiger partial charge in [-0.15, -0.1) is 0 Å². The Morgan fingerprint density at radius 3 is 1.89 bits per heavy atom. The first-order valence-corrected chi connectivity index (χ1v) is 12.6. The van der Waals surface area contributed by atoms with Crippen LogP contribution in [0.25, 0.3) is 0 Å². The highest BCUT2D eigenvalue weighted by molar-refractivity contribution is 5.69. The topological polar surface area (TPSA) is 85.8 Å². The van der Waals surface area contributed by atoms with Gasteiger partial charge in [0.05, 0.1) is 13.2 Å². The number of pyridine rings is 2. The number of ether oxygens (including phenoxy) is 3. The van der Waals surface area contributed by atoms with Gasteiger partial charge >= 0.3 is 6.09 Å². The molecule has 0 bridgehead atoms. The highest BCUT2D eigenvalue weighted by Crippen LogP contribution is 2.24.